The van der Waals surface area contributed by atoms with Gasteiger partial charge in [0.2, 0.25) is 5.89 Å². The molecule has 2 aromatic rings. The summed E-state index contributed by atoms with van der Waals surface area (Å²) in [5.41, 5.74) is 1.01. The van der Waals surface area contributed by atoms with Gasteiger partial charge in [-0.1, -0.05) is 18.2 Å². The largest absolute Gasteiger partial charge is 0.445 e. The summed E-state index contributed by atoms with van der Waals surface area (Å²) in [5.74, 6) is 0.672. The number of aromatic nitrogens is 1. The number of oxazole rings is 1. The number of hydrogen-bond acceptors (Lipinski definition) is 4. The van der Waals surface area contributed by atoms with Crippen molar-refractivity contribution >= 4 is 0 Å². The Balaban J connectivity index is 0.000000153. The zero-order valence-corrected chi connectivity index (χ0v) is 9.73. The van der Waals surface area contributed by atoms with Crippen LogP contribution in [-0.2, 0) is 0 Å². The molecule has 0 radical (unpaired) electrons. The van der Waals surface area contributed by atoms with Crippen molar-refractivity contribution in [2.45, 2.75) is 0 Å². The number of hydrogen-bond donors (Lipinski definition) is 2. The Morgan fingerprint density at radius 1 is 0.941 bits per heavy atom. The van der Waals surface area contributed by atoms with Crippen LogP contribution in [-0.4, -0.2) is 31.2 Å². The molecule has 17 heavy (non-hydrogen) atoms. The van der Waals surface area contributed by atoms with E-state index in [0.717, 1.165) is 31.7 Å². The SMILES string of the molecule is C1CNCCN1.c1ccc(-c2ncco2)cc1. The Labute approximate surface area is 101 Å². The van der Waals surface area contributed by atoms with E-state index in [1.54, 1.807) is 12.5 Å². The number of nitrogens with one attached hydrogen (secondary N) is 2. The van der Waals surface area contributed by atoms with Crippen molar-refractivity contribution in [2.24, 2.45) is 0 Å². The fraction of sp³-hybridized carbons (Fsp3) is 0.308. The third-order valence-electron chi connectivity index (χ3n) is 2.41. The molecule has 1 aliphatic heterocycles. The lowest BCUT2D eigenvalue weighted by atomic mass is 10.2. The van der Waals surface area contributed by atoms with Gasteiger partial charge in [-0.3, -0.25) is 0 Å². The average Bonchev–Trinajstić information content (AvgIpc) is 2.96. The highest BCUT2D eigenvalue weighted by Crippen LogP contribution is 2.14. The van der Waals surface area contributed by atoms with Gasteiger partial charge in [0.05, 0.1) is 6.20 Å². The Morgan fingerprint density at radius 2 is 1.59 bits per heavy atom. The number of benzene rings is 1. The maximum absolute atomic E-state index is 5.11. The first-order chi connectivity index (χ1) is 8.47. The molecule has 0 saturated carbocycles. The van der Waals surface area contributed by atoms with Crippen molar-refractivity contribution in [3.8, 4) is 11.5 Å². The number of nitrogens with zero attached hydrogens (tertiary/aromatic N) is 1. The summed E-state index contributed by atoms with van der Waals surface area (Å²) in [4.78, 5) is 4.02. The molecule has 1 aliphatic rings. The van der Waals surface area contributed by atoms with Crippen LogP contribution < -0.4 is 10.6 Å². The van der Waals surface area contributed by atoms with E-state index in [0.29, 0.717) is 5.89 Å². The third kappa shape index (κ3) is 4.01. The summed E-state index contributed by atoms with van der Waals surface area (Å²) in [6.45, 7) is 4.56. The minimum atomic E-state index is 0.672. The first-order valence-corrected chi connectivity index (χ1v) is 5.83. The van der Waals surface area contributed by atoms with Crippen LogP contribution in [0.5, 0.6) is 0 Å². The molecule has 0 unspecified atom stereocenters. The van der Waals surface area contributed by atoms with E-state index in [9.17, 15) is 0 Å². The second-order valence-electron chi connectivity index (χ2n) is 3.70. The van der Waals surface area contributed by atoms with Crippen LogP contribution >= 0.6 is 0 Å². The van der Waals surface area contributed by atoms with E-state index in [1.807, 2.05) is 30.3 Å². The molecular weight excluding hydrogens is 214 g/mol. The van der Waals surface area contributed by atoms with E-state index in [4.69, 9.17) is 4.42 Å². The molecule has 3 rings (SSSR count). The first kappa shape index (κ1) is 11.8. The van der Waals surface area contributed by atoms with Crippen LogP contribution in [0.25, 0.3) is 11.5 Å². The van der Waals surface area contributed by atoms with Gasteiger partial charge in [-0.25, -0.2) is 4.98 Å². The summed E-state index contributed by atoms with van der Waals surface area (Å²) in [7, 11) is 0. The third-order valence-corrected chi connectivity index (χ3v) is 2.41. The van der Waals surface area contributed by atoms with Gasteiger partial charge in [0.15, 0.2) is 0 Å². The second kappa shape index (κ2) is 6.83. The Kier molecular flexibility index (Phi) is 4.75. The standard InChI is InChI=1S/C9H7NO.C4H10N2/c1-2-4-8(5-3-1)9-10-6-7-11-9;1-2-6-4-3-5-1/h1-7H;5-6H,1-4H2. The minimum absolute atomic E-state index is 0.672. The average molecular weight is 231 g/mol. The van der Waals surface area contributed by atoms with Crippen LogP contribution in [0, 0.1) is 0 Å². The van der Waals surface area contributed by atoms with Crippen molar-refractivity contribution in [2.75, 3.05) is 26.2 Å². The molecule has 4 heteroatoms. The Morgan fingerprint density at radius 3 is 2.06 bits per heavy atom. The molecule has 0 bridgehead atoms. The van der Waals surface area contributed by atoms with Gasteiger partial charge in [0.1, 0.15) is 6.26 Å². The molecule has 2 heterocycles. The maximum atomic E-state index is 5.11. The predicted molar refractivity (Wildman–Crippen MR) is 67.7 cm³/mol. The Hall–Kier alpha value is -1.65. The van der Waals surface area contributed by atoms with Crippen molar-refractivity contribution in [1.82, 2.24) is 15.6 Å². The van der Waals surface area contributed by atoms with Crippen molar-refractivity contribution < 1.29 is 4.42 Å². The van der Waals surface area contributed by atoms with Crippen LogP contribution in [0.3, 0.4) is 0 Å². The van der Waals surface area contributed by atoms with E-state index in [2.05, 4.69) is 15.6 Å². The minimum Gasteiger partial charge on any atom is -0.445 e. The summed E-state index contributed by atoms with van der Waals surface area (Å²) < 4.78 is 5.11. The summed E-state index contributed by atoms with van der Waals surface area (Å²) in [5, 5.41) is 6.44. The van der Waals surface area contributed by atoms with Gasteiger partial charge < -0.3 is 15.1 Å². The first-order valence-electron chi connectivity index (χ1n) is 5.83. The number of piperazine rings is 1. The van der Waals surface area contributed by atoms with E-state index >= 15 is 0 Å². The number of rotatable bonds is 1. The van der Waals surface area contributed by atoms with Crippen LogP contribution in [0.1, 0.15) is 0 Å². The molecule has 1 fully saturated rings. The molecule has 1 aromatic heterocycles. The fourth-order valence-corrected chi connectivity index (χ4v) is 1.55. The monoisotopic (exact) mass is 231 g/mol. The maximum Gasteiger partial charge on any atom is 0.225 e. The van der Waals surface area contributed by atoms with Gasteiger partial charge >= 0.3 is 0 Å². The van der Waals surface area contributed by atoms with Gasteiger partial charge in [0.25, 0.3) is 0 Å². The zero-order valence-electron chi connectivity index (χ0n) is 9.73. The molecule has 0 amide bonds. The van der Waals surface area contributed by atoms with Crippen molar-refractivity contribution in [3.05, 3.63) is 42.8 Å². The fourth-order valence-electron chi connectivity index (χ4n) is 1.55. The molecular formula is C13H17N3O. The van der Waals surface area contributed by atoms with Crippen LogP contribution in [0.15, 0.2) is 47.2 Å². The van der Waals surface area contributed by atoms with Crippen molar-refractivity contribution in [1.29, 1.82) is 0 Å². The second-order valence-corrected chi connectivity index (χ2v) is 3.70. The van der Waals surface area contributed by atoms with Gasteiger partial charge in [-0.15, -0.1) is 0 Å². The smallest absolute Gasteiger partial charge is 0.225 e. The quantitative estimate of drug-likeness (QED) is 0.781. The lowest BCUT2D eigenvalue weighted by Gasteiger charge is -2.11. The predicted octanol–water partition coefficient (Wildman–Crippen LogP) is 1.52. The molecule has 1 saturated heterocycles. The van der Waals surface area contributed by atoms with E-state index in [-0.39, 0.29) is 0 Å². The van der Waals surface area contributed by atoms with Gasteiger partial charge in [0, 0.05) is 31.7 Å². The van der Waals surface area contributed by atoms with Crippen LogP contribution in [0.2, 0.25) is 0 Å². The lowest BCUT2D eigenvalue weighted by molar-refractivity contribution is 0.534. The van der Waals surface area contributed by atoms with E-state index in [1.165, 1.54) is 0 Å². The highest BCUT2D eigenvalue weighted by molar-refractivity contribution is 5.51. The van der Waals surface area contributed by atoms with E-state index < -0.39 is 0 Å². The van der Waals surface area contributed by atoms with Gasteiger partial charge in [-0.05, 0) is 12.1 Å². The molecule has 0 atom stereocenters. The summed E-state index contributed by atoms with van der Waals surface area (Å²) >= 11 is 0. The summed E-state index contributed by atoms with van der Waals surface area (Å²) in [6.07, 6.45) is 3.21. The highest BCUT2D eigenvalue weighted by atomic mass is 16.3. The summed E-state index contributed by atoms with van der Waals surface area (Å²) in [6, 6.07) is 9.81. The topological polar surface area (TPSA) is 50.1 Å². The molecule has 1 aromatic carbocycles. The normalized spacial score (nSPS) is 14.8. The zero-order chi connectivity index (χ0) is 11.8. The van der Waals surface area contributed by atoms with Crippen molar-refractivity contribution in [3.63, 3.8) is 0 Å². The van der Waals surface area contributed by atoms with Gasteiger partial charge in [-0.2, -0.15) is 0 Å². The van der Waals surface area contributed by atoms with Crippen LogP contribution in [0.4, 0.5) is 0 Å². The molecule has 0 spiro atoms. The lowest BCUT2D eigenvalue weighted by Crippen LogP contribution is -2.39. The molecule has 2 N–H and O–H groups in total. The molecule has 4 nitrogen and oxygen atoms in total. The highest BCUT2D eigenvalue weighted by Gasteiger charge is 1.97. The Bertz CT molecular complexity index is 384. The molecule has 90 valence electrons. The molecule has 0 aliphatic carbocycles.